The van der Waals surface area contributed by atoms with Crippen LogP contribution in [0.3, 0.4) is 0 Å². The molecule has 2 N–H and O–H groups in total. The fraction of sp³-hybridized carbons (Fsp3) is 0.500. The van der Waals surface area contributed by atoms with Crippen molar-refractivity contribution < 1.29 is 18.3 Å². The number of nitrogens with zero attached hydrogens (tertiary/aromatic N) is 1. The monoisotopic (exact) mass is 314 g/mol. The molecule has 1 aromatic carbocycles. The summed E-state index contributed by atoms with van der Waals surface area (Å²) in [7, 11) is -1.88. The molecule has 0 bridgehead atoms. The second kappa shape index (κ2) is 6.03. The SMILES string of the molecule is CC(C)NS(=O)(=O)c1ccc(N(C)C(C)(C)C(=O)O)cc1. The second-order valence-corrected chi connectivity index (χ2v) is 7.41. The second-order valence-electron chi connectivity index (χ2n) is 5.69. The van der Waals surface area contributed by atoms with Crippen molar-refractivity contribution in [1.29, 1.82) is 0 Å². The summed E-state index contributed by atoms with van der Waals surface area (Å²) in [6, 6.07) is 5.94. The minimum absolute atomic E-state index is 0.154. The summed E-state index contributed by atoms with van der Waals surface area (Å²) >= 11 is 0. The highest BCUT2D eigenvalue weighted by molar-refractivity contribution is 7.89. The van der Waals surface area contributed by atoms with Gasteiger partial charge in [-0.15, -0.1) is 0 Å². The largest absolute Gasteiger partial charge is 0.480 e. The van der Waals surface area contributed by atoms with Crippen molar-refractivity contribution in [3.8, 4) is 0 Å². The number of carboxylic acids is 1. The van der Waals surface area contributed by atoms with Crippen LogP contribution >= 0.6 is 0 Å². The Morgan fingerprint density at radius 3 is 2.10 bits per heavy atom. The molecule has 0 unspecified atom stereocenters. The Hall–Kier alpha value is -1.60. The van der Waals surface area contributed by atoms with Crippen molar-refractivity contribution in [2.45, 2.75) is 44.2 Å². The molecule has 0 aromatic heterocycles. The molecule has 0 spiro atoms. The van der Waals surface area contributed by atoms with Gasteiger partial charge in [0, 0.05) is 18.8 Å². The smallest absolute Gasteiger partial charge is 0.328 e. The van der Waals surface area contributed by atoms with Gasteiger partial charge in [-0.3, -0.25) is 0 Å². The normalized spacial score (nSPS) is 12.5. The number of rotatable bonds is 6. The zero-order valence-corrected chi connectivity index (χ0v) is 13.7. The van der Waals surface area contributed by atoms with Crippen LogP contribution in [0.5, 0.6) is 0 Å². The standard InChI is InChI=1S/C14H22N2O4S/c1-10(2)15-21(19,20)12-8-6-11(7-9-12)16(5)14(3,4)13(17)18/h6-10,15H,1-5H3,(H,17,18). The summed E-state index contributed by atoms with van der Waals surface area (Å²) in [5.74, 6) is -0.955. The fourth-order valence-corrected chi connectivity index (χ4v) is 2.94. The number of anilines is 1. The molecule has 1 aromatic rings. The van der Waals surface area contributed by atoms with Gasteiger partial charge in [0.15, 0.2) is 0 Å². The first-order chi connectivity index (χ1) is 9.48. The minimum atomic E-state index is -3.54. The van der Waals surface area contributed by atoms with Crippen molar-refractivity contribution in [2.24, 2.45) is 0 Å². The van der Waals surface area contributed by atoms with E-state index >= 15 is 0 Å². The third-order valence-electron chi connectivity index (χ3n) is 3.29. The van der Waals surface area contributed by atoms with Crippen LogP contribution < -0.4 is 9.62 Å². The lowest BCUT2D eigenvalue weighted by Crippen LogP contribution is -2.48. The van der Waals surface area contributed by atoms with Crippen LogP contribution in [0.2, 0.25) is 0 Å². The summed E-state index contributed by atoms with van der Waals surface area (Å²) in [6.07, 6.45) is 0. The van der Waals surface area contributed by atoms with Gasteiger partial charge in [0.1, 0.15) is 5.54 Å². The van der Waals surface area contributed by atoms with Gasteiger partial charge in [0.2, 0.25) is 10.0 Å². The van der Waals surface area contributed by atoms with Crippen molar-refractivity contribution in [2.75, 3.05) is 11.9 Å². The number of benzene rings is 1. The minimum Gasteiger partial charge on any atom is -0.480 e. The quantitative estimate of drug-likeness (QED) is 0.834. The molecule has 0 heterocycles. The molecule has 0 fully saturated rings. The van der Waals surface area contributed by atoms with Gasteiger partial charge in [-0.05, 0) is 52.0 Å². The molecule has 0 amide bonds. The van der Waals surface area contributed by atoms with Gasteiger partial charge in [0.05, 0.1) is 4.90 Å². The molecule has 0 aliphatic heterocycles. The maximum Gasteiger partial charge on any atom is 0.328 e. The Kier molecular flexibility index (Phi) is 5.01. The molecule has 1 rings (SSSR count). The Labute approximate surface area is 125 Å². The van der Waals surface area contributed by atoms with Crippen molar-refractivity contribution in [1.82, 2.24) is 4.72 Å². The van der Waals surface area contributed by atoms with E-state index in [1.54, 1.807) is 51.8 Å². The molecule has 0 atom stereocenters. The molecule has 6 nitrogen and oxygen atoms in total. The highest BCUT2D eigenvalue weighted by atomic mass is 32.2. The Morgan fingerprint density at radius 1 is 1.24 bits per heavy atom. The summed E-state index contributed by atoms with van der Waals surface area (Å²) in [4.78, 5) is 13.0. The van der Waals surface area contributed by atoms with E-state index in [9.17, 15) is 18.3 Å². The number of nitrogens with one attached hydrogen (secondary N) is 1. The highest BCUT2D eigenvalue weighted by Gasteiger charge is 2.32. The summed E-state index contributed by atoms with van der Waals surface area (Å²) < 4.78 is 26.5. The number of aliphatic carboxylic acids is 1. The maximum absolute atomic E-state index is 12.0. The van der Waals surface area contributed by atoms with Crippen molar-refractivity contribution >= 4 is 21.7 Å². The van der Waals surface area contributed by atoms with E-state index in [-0.39, 0.29) is 10.9 Å². The van der Waals surface area contributed by atoms with Crippen LogP contribution in [0, 0.1) is 0 Å². The first kappa shape index (κ1) is 17.5. The average Bonchev–Trinajstić information content (AvgIpc) is 2.36. The number of carboxylic acid groups (broad SMARTS) is 1. The average molecular weight is 314 g/mol. The first-order valence-electron chi connectivity index (χ1n) is 6.58. The van der Waals surface area contributed by atoms with Gasteiger partial charge in [-0.25, -0.2) is 17.9 Å². The lowest BCUT2D eigenvalue weighted by molar-refractivity contribution is -0.142. The van der Waals surface area contributed by atoms with Gasteiger partial charge in [0.25, 0.3) is 0 Å². The lowest BCUT2D eigenvalue weighted by atomic mass is 10.0. The lowest BCUT2D eigenvalue weighted by Gasteiger charge is -2.33. The number of hydrogen-bond donors (Lipinski definition) is 2. The van der Waals surface area contributed by atoms with Crippen LogP contribution in [0.4, 0.5) is 5.69 Å². The summed E-state index contributed by atoms with van der Waals surface area (Å²) in [5.41, 5.74) is -0.456. The Balaban J connectivity index is 3.06. The van der Waals surface area contributed by atoms with E-state index in [2.05, 4.69) is 4.72 Å². The van der Waals surface area contributed by atoms with E-state index in [1.165, 1.54) is 12.1 Å². The molecule has 118 valence electrons. The van der Waals surface area contributed by atoms with E-state index in [1.807, 2.05) is 0 Å². The number of hydrogen-bond acceptors (Lipinski definition) is 4. The zero-order valence-electron chi connectivity index (χ0n) is 12.9. The molecule has 0 aliphatic rings. The van der Waals surface area contributed by atoms with Crippen LogP contribution in [0.25, 0.3) is 0 Å². The number of sulfonamides is 1. The van der Waals surface area contributed by atoms with Crippen molar-refractivity contribution in [3.63, 3.8) is 0 Å². The summed E-state index contributed by atoms with van der Waals surface area (Å²) in [5, 5.41) is 9.21. The van der Waals surface area contributed by atoms with Crippen LogP contribution in [0.1, 0.15) is 27.7 Å². The van der Waals surface area contributed by atoms with Crippen LogP contribution in [-0.4, -0.2) is 38.1 Å². The van der Waals surface area contributed by atoms with E-state index in [0.29, 0.717) is 5.69 Å². The molecular formula is C14H22N2O4S. The number of carbonyl (C=O) groups is 1. The highest BCUT2D eigenvalue weighted by Crippen LogP contribution is 2.24. The third-order valence-corrected chi connectivity index (χ3v) is 4.96. The predicted molar refractivity (Wildman–Crippen MR) is 82.0 cm³/mol. The maximum atomic E-state index is 12.0. The van der Waals surface area contributed by atoms with Crippen molar-refractivity contribution in [3.05, 3.63) is 24.3 Å². The Morgan fingerprint density at radius 2 is 1.71 bits per heavy atom. The third kappa shape index (κ3) is 3.95. The first-order valence-corrected chi connectivity index (χ1v) is 8.06. The van der Waals surface area contributed by atoms with E-state index < -0.39 is 21.5 Å². The van der Waals surface area contributed by atoms with Gasteiger partial charge in [-0.2, -0.15) is 0 Å². The molecule has 7 heteroatoms. The molecule has 0 radical (unpaired) electrons. The fourth-order valence-electron chi connectivity index (χ4n) is 1.69. The molecule has 21 heavy (non-hydrogen) atoms. The summed E-state index contributed by atoms with van der Waals surface area (Å²) in [6.45, 7) is 6.66. The van der Waals surface area contributed by atoms with Crippen LogP contribution in [0.15, 0.2) is 29.2 Å². The van der Waals surface area contributed by atoms with E-state index in [4.69, 9.17) is 0 Å². The topological polar surface area (TPSA) is 86.7 Å². The molecule has 0 saturated heterocycles. The predicted octanol–water partition coefficient (Wildman–Crippen LogP) is 1.67. The Bertz CT molecular complexity index is 606. The molecular weight excluding hydrogens is 292 g/mol. The van der Waals surface area contributed by atoms with Gasteiger partial charge < -0.3 is 10.0 Å². The molecule has 0 aliphatic carbocycles. The van der Waals surface area contributed by atoms with Gasteiger partial charge in [-0.1, -0.05) is 0 Å². The van der Waals surface area contributed by atoms with Crippen LogP contribution in [-0.2, 0) is 14.8 Å². The number of likely N-dealkylation sites (N-methyl/N-ethyl adjacent to an activating group) is 1. The van der Waals surface area contributed by atoms with Gasteiger partial charge >= 0.3 is 5.97 Å². The molecule has 0 saturated carbocycles. The van der Waals surface area contributed by atoms with E-state index in [0.717, 1.165) is 0 Å². The zero-order chi connectivity index (χ0) is 16.4.